The summed E-state index contributed by atoms with van der Waals surface area (Å²) in [6, 6.07) is 4.87. The first-order valence-electron chi connectivity index (χ1n) is 4.76. The van der Waals surface area contributed by atoms with Gasteiger partial charge in [-0.05, 0) is 30.0 Å². The third kappa shape index (κ3) is 2.46. The minimum absolute atomic E-state index is 0.0940. The average molecular weight is 216 g/mol. The summed E-state index contributed by atoms with van der Waals surface area (Å²) in [4.78, 5) is 0. The van der Waals surface area contributed by atoms with E-state index in [-0.39, 0.29) is 22.8 Å². The summed E-state index contributed by atoms with van der Waals surface area (Å²) in [6.45, 7) is 4.06. The van der Waals surface area contributed by atoms with Crippen LogP contribution in [-0.4, -0.2) is 6.04 Å². The molecule has 0 aliphatic carbocycles. The lowest BCUT2D eigenvalue weighted by atomic mass is 9.92. The van der Waals surface area contributed by atoms with Crippen LogP contribution in [0.3, 0.4) is 0 Å². The van der Waals surface area contributed by atoms with Gasteiger partial charge in [-0.25, -0.2) is 4.39 Å². The van der Waals surface area contributed by atoms with E-state index in [2.05, 4.69) is 0 Å². The minimum atomic E-state index is -0.382. The molecule has 78 valence electrons. The zero-order chi connectivity index (χ0) is 10.7. The molecule has 0 aliphatic heterocycles. The number of benzene rings is 1. The van der Waals surface area contributed by atoms with Crippen LogP contribution in [0.5, 0.6) is 0 Å². The predicted molar refractivity (Wildman–Crippen MR) is 58.1 cm³/mol. The van der Waals surface area contributed by atoms with E-state index in [1.807, 2.05) is 13.8 Å². The Morgan fingerprint density at radius 1 is 1.50 bits per heavy atom. The highest BCUT2D eigenvalue weighted by Crippen LogP contribution is 2.24. The van der Waals surface area contributed by atoms with E-state index >= 15 is 0 Å². The first-order valence-corrected chi connectivity index (χ1v) is 5.14. The van der Waals surface area contributed by atoms with E-state index in [1.54, 1.807) is 12.1 Å². The van der Waals surface area contributed by atoms with E-state index < -0.39 is 0 Å². The fourth-order valence-corrected chi connectivity index (χ4v) is 1.59. The summed E-state index contributed by atoms with van der Waals surface area (Å²) in [5, 5.41) is 0.164. The van der Waals surface area contributed by atoms with Gasteiger partial charge in [-0.2, -0.15) is 0 Å². The quantitative estimate of drug-likeness (QED) is 0.823. The molecule has 0 spiro atoms. The van der Waals surface area contributed by atoms with Gasteiger partial charge in [0.05, 0.1) is 5.02 Å². The molecule has 0 heterocycles. The molecule has 0 aliphatic rings. The Bertz CT molecular complexity index is 314. The molecular formula is C11H15ClFN. The van der Waals surface area contributed by atoms with Gasteiger partial charge in [0.15, 0.2) is 0 Å². The second kappa shape index (κ2) is 4.76. The Morgan fingerprint density at radius 2 is 2.14 bits per heavy atom. The summed E-state index contributed by atoms with van der Waals surface area (Å²) in [6.07, 6.45) is 0.899. The molecule has 0 saturated heterocycles. The van der Waals surface area contributed by atoms with Crippen molar-refractivity contribution in [3.63, 3.8) is 0 Å². The maximum Gasteiger partial charge on any atom is 0.141 e. The third-order valence-electron chi connectivity index (χ3n) is 2.58. The van der Waals surface area contributed by atoms with Gasteiger partial charge in [0.25, 0.3) is 0 Å². The van der Waals surface area contributed by atoms with E-state index in [4.69, 9.17) is 17.3 Å². The van der Waals surface area contributed by atoms with Gasteiger partial charge in [-0.1, -0.05) is 31.5 Å². The molecule has 1 aromatic rings. The Labute approximate surface area is 89.1 Å². The number of halogens is 2. The largest absolute Gasteiger partial charge is 0.327 e. The van der Waals surface area contributed by atoms with Crippen LogP contribution in [-0.2, 0) is 0 Å². The second-order valence-corrected chi connectivity index (χ2v) is 3.94. The molecule has 0 saturated carbocycles. The second-order valence-electron chi connectivity index (χ2n) is 3.53. The van der Waals surface area contributed by atoms with Gasteiger partial charge in [0.1, 0.15) is 5.82 Å². The van der Waals surface area contributed by atoms with Crippen molar-refractivity contribution < 1.29 is 4.39 Å². The highest BCUT2D eigenvalue weighted by Gasteiger charge is 2.14. The molecule has 0 radical (unpaired) electrons. The maximum atomic E-state index is 12.9. The van der Waals surface area contributed by atoms with Crippen LogP contribution >= 0.6 is 11.6 Å². The minimum Gasteiger partial charge on any atom is -0.327 e. The molecular weight excluding hydrogens is 201 g/mol. The van der Waals surface area contributed by atoms with Crippen molar-refractivity contribution in [1.29, 1.82) is 0 Å². The summed E-state index contributed by atoms with van der Waals surface area (Å²) >= 11 is 5.69. The highest BCUT2D eigenvalue weighted by molar-refractivity contribution is 6.30. The molecule has 2 unspecified atom stereocenters. The van der Waals surface area contributed by atoms with Gasteiger partial charge < -0.3 is 5.73 Å². The Balaban J connectivity index is 2.91. The van der Waals surface area contributed by atoms with Crippen LogP contribution in [0.2, 0.25) is 5.02 Å². The van der Waals surface area contributed by atoms with Gasteiger partial charge in [0, 0.05) is 6.04 Å². The van der Waals surface area contributed by atoms with Crippen LogP contribution in [0.25, 0.3) is 0 Å². The van der Waals surface area contributed by atoms with Gasteiger partial charge in [-0.3, -0.25) is 0 Å². The van der Waals surface area contributed by atoms with E-state index in [9.17, 15) is 4.39 Å². The van der Waals surface area contributed by atoms with E-state index in [0.29, 0.717) is 0 Å². The van der Waals surface area contributed by atoms with E-state index in [0.717, 1.165) is 12.0 Å². The Hall–Kier alpha value is -0.600. The number of hydrogen-bond donors (Lipinski definition) is 1. The predicted octanol–water partition coefficient (Wildman–Crippen LogP) is 3.32. The van der Waals surface area contributed by atoms with Crippen molar-refractivity contribution in [3.8, 4) is 0 Å². The molecule has 1 aromatic carbocycles. The summed E-state index contributed by atoms with van der Waals surface area (Å²) in [5.74, 6) is -0.175. The van der Waals surface area contributed by atoms with Crippen LogP contribution < -0.4 is 5.73 Å². The monoisotopic (exact) mass is 215 g/mol. The topological polar surface area (TPSA) is 26.0 Å². The first-order chi connectivity index (χ1) is 6.56. The van der Waals surface area contributed by atoms with Gasteiger partial charge in [-0.15, -0.1) is 0 Å². The molecule has 0 bridgehead atoms. The SMILES string of the molecule is CCC(N)C(C)c1ccc(F)c(Cl)c1. The van der Waals surface area contributed by atoms with Crippen molar-refractivity contribution in [3.05, 3.63) is 34.6 Å². The number of hydrogen-bond acceptors (Lipinski definition) is 1. The molecule has 2 atom stereocenters. The fraction of sp³-hybridized carbons (Fsp3) is 0.455. The van der Waals surface area contributed by atoms with Gasteiger partial charge >= 0.3 is 0 Å². The van der Waals surface area contributed by atoms with Crippen molar-refractivity contribution in [2.75, 3.05) is 0 Å². The molecule has 14 heavy (non-hydrogen) atoms. The number of nitrogens with two attached hydrogens (primary N) is 1. The molecule has 3 heteroatoms. The normalized spacial score (nSPS) is 15.2. The summed E-state index contributed by atoms with van der Waals surface area (Å²) in [7, 11) is 0. The molecule has 0 aromatic heterocycles. The lowest BCUT2D eigenvalue weighted by Crippen LogP contribution is -2.25. The Kier molecular flexibility index (Phi) is 3.90. The summed E-state index contributed by atoms with van der Waals surface area (Å²) in [5.41, 5.74) is 6.89. The molecule has 1 nitrogen and oxygen atoms in total. The lowest BCUT2D eigenvalue weighted by Gasteiger charge is -2.18. The van der Waals surface area contributed by atoms with Crippen molar-refractivity contribution in [1.82, 2.24) is 0 Å². The average Bonchev–Trinajstić information content (AvgIpc) is 2.20. The van der Waals surface area contributed by atoms with Crippen molar-refractivity contribution in [2.45, 2.75) is 32.2 Å². The van der Waals surface area contributed by atoms with E-state index in [1.165, 1.54) is 6.07 Å². The van der Waals surface area contributed by atoms with Crippen LogP contribution in [0.15, 0.2) is 18.2 Å². The highest BCUT2D eigenvalue weighted by atomic mass is 35.5. The maximum absolute atomic E-state index is 12.9. The summed E-state index contributed by atoms with van der Waals surface area (Å²) < 4.78 is 12.9. The smallest absolute Gasteiger partial charge is 0.141 e. The lowest BCUT2D eigenvalue weighted by molar-refractivity contribution is 0.549. The zero-order valence-corrected chi connectivity index (χ0v) is 9.18. The molecule has 0 amide bonds. The van der Waals surface area contributed by atoms with Crippen molar-refractivity contribution >= 4 is 11.6 Å². The standard InChI is InChI=1S/C11H15ClFN/c1-3-11(14)7(2)8-4-5-10(13)9(12)6-8/h4-7,11H,3,14H2,1-2H3. The van der Waals surface area contributed by atoms with Crippen LogP contribution in [0, 0.1) is 5.82 Å². The first kappa shape index (κ1) is 11.5. The van der Waals surface area contributed by atoms with Crippen LogP contribution in [0.4, 0.5) is 4.39 Å². The van der Waals surface area contributed by atoms with Crippen molar-refractivity contribution in [2.24, 2.45) is 5.73 Å². The fourth-order valence-electron chi connectivity index (χ4n) is 1.40. The molecule has 0 fully saturated rings. The molecule has 1 rings (SSSR count). The zero-order valence-electron chi connectivity index (χ0n) is 8.43. The Morgan fingerprint density at radius 3 is 2.64 bits per heavy atom. The molecule has 2 N–H and O–H groups in total. The van der Waals surface area contributed by atoms with Gasteiger partial charge in [0.2, 0.25) is 0 Å². The number of rotatable bonds is 3. The van der Waals surface area contributed by atoms with Crippen LogP contribution in [0.1, 0.15) is 31.7 Å². The third-order valence-corrected chi connectivity index (χ3v) is 2.87.